The minimum atomic E-state index is -2.15. The molecule has 5 rings (SSSR count). The summed E-state index contributed by atoms with van der Waals surface area (Å²) in [6, 6.07) is 0. The van der Waals surface area contributed by atoms with E-state index < -0.39 is 187 Å². The van der Waals surface area contributed by atoms with Crippen molar-refractivity contribution in [1.29, 1.82) is 0 Å². The molecule has 0 radical (unpaired) electrons. The first-order valence-corrected chi connectivity index (χ1v) is 21.5. The van der Waals surface area contributed by atoms with Crippen LogP contribution in [0.15, 0.2) is 0 Å². The van der Waals surface area contributed by atoms with Crippen molar-refractivity contribution in [3.8, 4) is 0 Å². The lowest BCUT2D eigenvalue weighted by Gasteiger charge is -2.50. The summed E-state index contributed by atoms with van der Waals surface area (Å²) in [5, 5.41) is 169. The average Bonchev–Trinajstić information content (AvgIpc) is 3.28. The lowest BCUT2D eigenvalue weighted by molar-refractivity contribution is -0.413. The van der Waals surface area contributed by atoms with E-state index in [0.29, 0.717) is 24.5 Å². The first-order valence-electron chi connectivity index (χ1n) is 20.4. The number of rotatable bonds is 20. The Kier molecular flexibility index (Phi) is 20.7. The van der Waals surface area contributed by atoms with Crippen molar-refractivity contribution >= 4 is 11.8 Å². The first kappa shape index (κ1) is 53.2. The van der Waals surface area contributed by atoms with Gasteiger partial charge in [0.1, 0.15) is 122 Å². The molecule has 28 heteroatoms. The molecule has 5 aliphatic rings. The maximum Gasteiger partial charge on any atom is 0.187 e. The predicted molar refractivity (Wildman–Crippen MR) is 201 cm³/mol. The van der Waals surface area contributed by atoms with Gasteiger partial charge >= 0.3 is 0 Å². The number of hydrogen-bond acceptors (Lipinski definition) is 28. The Morgan fingerprint density at radius 1 is 0.365 bits per heavy atom. The number of nitrogens with two attached hydrogens (primary N) is 1. The Morgan fingerprint density at radius 3 is 1.02 bits per heavy atom. The summed E-state index contributed by atoms with van der Waals surface area (Å²) < 4.78 is 57.8. The summed E-state index contributed by atoms with van der Waals surface area (Å²) >= 11 is 1.54. The van der Waals surface area contributed by atoms with E-state index in [2.05, 4.69) is 0 Å². The molecule has 0 aromatic heterocycles. The van der Waals surface area contributed by atoms with Crippen LogP contribution in [0.2, 0.25) is 0 Å². The maximum atomic E-state index is 11.4. The third kappa shape index (κ3) is 12.1. The minimum Gasteiger partial charge on any atom is -0.394 e. The molecule has 27 nitrogen and oxygen atoms in total. The molecule has 63 heavy (non-hydrogen) atoms. The zero-order chi connectivity index (χ0) is 46.3. The molecule has 0 aromatic rings. The van der Waals surface area contributed by atoms with Crippen molar-refractivity contribution in [3.63, 3.8) is 0 Å². The largest absolute Gasteiger partial charge is 0.394 e. The molecule has 0 aliphatic carbocycles. The van der Waals surface area contributed by atoms with Crippen LogP contribution in [-0.4, -0.2) is 293 Å². The Morgan fingerprint density at radius 2 is 0.667 bits per heavy atom. The van der Waals surface area contributed by atoms with Gasteiger partial charge in [0.05, 0.1) is 39.6 Å². The molecule has 370 valence electrons. The van der Waals surface area contributed by atoms with E-state index in [4.69, 9.17) is 53.1 Å². The highest BCUT2D eigenvalue weighted by Gasteiger charge is 2.57. The van der Waals surface area contributed by atoms with Gasteiger partial charge in [-0.1, -0.05) is 0 Å². The Balaban J connectivity index is 1.44. The van der Waals surface area contributed by atoms with Crippen LogP contribution in [0.1, 0.15) is 6.42 Å². The second kappa shape index (κ2) is 24.5. The van der Waals surface area contributed by atoms with Gasteiger partial charge in [0, 0.05) is 12.3 Å². The Hall–Kier alpha value is -0.730. The number of hydrogen-bond donors (Lipinski definition) is 17. The summed E-state index contributed by atoms with van der Waals surface area (Å²) in [6.07, 6.45) is -46.4. The molecule has 0 bridgehead atoms. The van der Waals surface area contributed by atoms with Crippen molar-refractivity contribution in [2.24, 2.45) is 5.73 Å². The SMILES string of the molecule is NCCSCCCO[C@@H]1O[C@H](CO)[C@@H](O)[C@H](O)[C@@H]1O[C@@H]1O[C@H](CO)[C@@H](O)[C@H](O)[C@@H]1O[C@@H]1O[C@H](CO)[C@@H](O)[C@H](O)[C@@H]1O[C@@H]1O[C@H](CO)[C@@H](O)[C@H](O)[C@@H]1O[C@@H]1O[C@H](CO)[C@@H](O)[C@H](O)[C@@H]1O. The lowest BCUT2D eigenvalue weighted by atomic mass is 9.95. The number of aliphatic hydroxyl groups is 16. The molecule has 5 fully saturated rings. The molecule has 5 aliphatic heterocycles. The van der Waals surface area contributed by atoms with Gasteiger partial charge in [-0.15, -0.1) is 0 Å². The highest BCUT2D eigenvalue weighted by Crippen LogP contribution is 2.37. The van der Waals surface area contributed by atoms with Crippen molar-refractivity contribution in [2.45, 2.75) is 160 Å². The van der Waals surface area contributed by atoms with E-state index in [-0.39, 0.29) is 6.61 Å². The summed E-state index contributed by atoms with van der Waals surface area (Å²) in [4.78, 5) is 0. The van der Waals surface area contributed by atoms with E-state index in [9.17, 15) is 81.7 Å². The summed E-state index contributed by atoms with van der Waals surface area (Å²) in [5.41, 5.74) is 5.53. The molecule has 0 spiro atoms. The number of thioether (sulfide) groups is 1. The zero-order valence-electron chi connectivity index (χ0n) is 33.7. The molecule has 18 N–H and O–H groups in total. The lowest BCUT2D eigenvalue weighted by Crippen LogP contribution is -2.68. The predicted octanol–water partition coefficient (Wildman–Crippen LogP) is -10.8. The molecule has 0 aromatic carbocycles. The fourth-order valence-corrected chi connectivity index (χ4v) is 8.31. The minimum absolute atomic E-state index is 0.0139. The smallest absolute Gasteiger partial charge is 0.187 e. The van der Waals surface area contributed by atoms with E-state index in [1.807, 2.05) is 0 Å². The first-order chi connectivity index (χ1) is 30.1. The van der Waals surface area contributed by atoms with E-state index >= 15 is 0 Å². The standard InChI is InChI=1S/C35H63NO26S/c36-2-5-63-4-1-3-53-32-27(22(48)17(43)12(7-38)55-32)60-34-29(24(50)19(45)14(9-40)57-34)62-35-30(25(51)20(46)15(10-41)58-35)61-33-28(23(49)18(44)13(8-39)56-33)59-31-26(52)21(47)16(42)11(6-37)54-31/h11-35,37-52H,1-10,36H2/t11-,12-,13-,14-,15-,16-,17-,18-,19-,20-,21+,22+,23+,24+,25+,26+,27+,28+,29+,30+,31+,32-,33+,34+,35+/m1/s1. The van der Waals surface area contributed by atoms with Gasteiger partial charge in [0.15, 0.2) is 31.5 Å². The molecule has 0 amide bonds. The fourth-order valence-electron chi connectivity index (χ4n) is 7.61. The van der Waals surface area contributed by atoms with Gasteiger partial charge in [-0.3, -0.25) is 0 Å². The second-order valence-corrected chi connectivity index (χ2v) is 16.8. The zero-order valence-corrected chi connectivity index (χ0v) is 34.5. The Labute approximate surface area is 363 Å². The topological polar surface area (TPSA) is 442 Å². The van der Waals surface area contributed by atoms with Crippen LogP contribution in [0, 0.1) is 0 Å². The van der Waals surface area contributed by atoms with Gasteiger partial charge in [0.2, 0.25) is 0 Å². The molecular formula is C35H63NO26S. The van der Waals surface area contributed by atoms with Crippen LogP contribution < -0.4 is 5.73 Å². The van der Waals surface area contributed by atoms with Crippen molar-refractivity contribution in [3.05, 3.63) is 0 Å². The van der Waals surface area contributed by atoms with E-state index in [1.165, 1.54) is 11.8 Å². The van der Waals surface area contributed by atoms with Crippen LogP contribution >= 0.6 is 11.8 Å². The van der Waals surface area contributed by atoms with Gasteiger partial charge in [-0.05, 0) is 12.2 Å². The van der Waals surface area contributed by atoms with Crippen molar-refractivity contribution in [2.75, 3.05) is 57.7 Å². The maximum absolute atomic E-state index is 11.4. The van der Waals surface area contributed by atoms with Gasteiger partial charge < -0.3 is 135 Å². The average molecular weight is 946 g/mol. The number of aliphatic hydroxyl groups excluding tert-OH is 16. The normalized spacial score (nSPS) is 48.6. The molecule has 0 unspecified atom stereocenters. The monoisotopic (exact) mass is 945 g/mol. The quantitative estimate of drug-likeness (QED) is 0.0504. The van der Waals surface area contributed by atoms with Crippen LogP contribution in [0.4, 0.5) is 0 Å². The van der Waals surface area contributed by atoms with Crippen LogP contribution in [0.5, 0.6) is 0 Å². The van der Waals surface area contributed by atoms with Crippen molar-refractivity contribution < 1.29 is 129 Å². The van der Waals surface area contributed by atoms with Crippen molar-refractivity contribution in [1.82, 2.24) is 0 Å². The third-order valence-corrected chi connectivity index (χ3v) is 12.4. The Bertz CT molecular complexity index is 1340. The van der Waals surface area contributed by atoms with Crippen LogP contribution in [0.3, 0.4) is 0 Å². The van der Waals surface area contributed by atoms with E-state index in [1.54, 1.807) is 0 Å². The van der Waals surface area contributed by atoms with Crippen LogP contribution in [0.25, 0.3) is 0 Å². The molecule has 25 atom stereocenters. The molecule has 5 heterocycles. The van der Waals surface area contributed by atoms with Gasteiger partial charge in [0.25, 0.3) is 0 Å². The highest BCUT2D eigenvalue weighted by atomic mass is 32.2. The highest BCUT2D eigenvalue weighted by molar-refractivity contribution is 7.99. The van der Waals surface area contributed by atoms with Gasteiger partial charge in [-0.25, -0.2) is 0 Å². The summed E-state index contributed by atoms with van der Waals surface area (Å²) in [6.45, 7) is -4.02. The van der Waals surface area contributed by atoms with Crippen LogP contribution in [-0.2, 0) is 47.4 Å². The molecule has 5 saturated heterocycles. The number of ether oxygens (including phenoxy) is 10. The third-order valence-electron chi connectivity index (χ3n) is 11.3. The second-order valence-electron chi connectivity index (χ2n) is 15.6. The fraction of sp³-hybridized carbons (Fsp3) is 1.00. The molecular weight excluding hydrogens is 882 g/mol. The van der Waals surface area contributed by atoms with Gasteiger partial charge in [-0.2, -0.15) is 11.8 Å². The summed E-state index contributed by atoms with van der Waals surface area (Å²) in [5.74, 6) is 1.29. The summed E-state index contributed by atoms with van der Waals surface area (Å²) in [7, 11) is 0. The molecule has 0 saturated carbocycles. The van der Waals surface area contributed by atoms with E-state index in [0.717, 1.165) is 0 Å².